The molecule has 0 bridgehead atoms. The monoisotopic (exact) mass is 389 g/mol. The van der Waals surface area contributed by atoms with Crippen molar-refractivity contribution in [3.8, 4) is 0 Å². The molecule has 1 atom stereocenters. The molecule has 0 aliphatic heterocycles. The molecule has 136 valence electrons. The highest BCUT2D eigenvalue weighted by molar-refractivity contribution is 7.90. The van der Waals surface area contributed by atoms with Gasteiger partial charge in [0.1, 0.15) is 16.5 Å². The molecule has 0 heterocycles. The van der Waals surface area contributed by atoms with Gasteiger partial charge in [0, 0.05) is 25.4 Å². The molecule has 0 aliphatic carbocycles. The third-order valence-corrected chi connectivity index (χ3v) is 6.98. The van der Waals surface area contributed by atoms with Gasteiger partial charge in [-0.15, -0.1) is 0 Å². The van der Waals surface area contributed by atoms with Crippen molar-refractivity contribution >= 4 is 19.9 Å². The second kappa shape index (κ2) is 6.81. The summed E-state index contributed by atoms with van der Waals surface area (Å²) in [6.45, 7) is 1.58. The molecule has 2 aromatic carbocycles. The van der Waals surface area contributed by atoms with Crippen LogP contribution in [-0.4, -0.2) is 34.4 Å². The van der Waals surface area contributed by atoms with Crippen LogP contribution in [0.3, 0.4) is 0 Å². The minimum atomic E-state index is -4.20. The van der Waals surface area contributed by atoms with Crippen molar-refractivity contribution in [3.63, 3.8) is 0 Å². The number of hydrogen-bond acceptors (Lipinski definition) is 4. The molecule has 0 saturated heterocycles. The summed E-state index contributed by atoms with van der Waals surface area (Å²) in [7, 11) is -6.29. The van der Waals surface area contributed by atoms with Crippen LogP contribution in [0, 0.1) is 11.6 Å². The summed E-state index contributed by atoms with van der Waals surface area (Å²) in [6.07, 6.45) is 1.07. The highest BCUT2D eigenvalue weighted by Crippen LogP contribution is 2.28. The molecule has 1 unspecified atom stereocenters. The zero-order chi connectivity index (χ0) is 19.0. The first-order chi connectivity index (χ1) is 11.4. The third-order valence-electron chi connectivity index (χ3n) is 3.89. The minimum absolute atomic E-state index is 0.110. The van der Waals surface area contributed by atoms with Gasteiger partial charge in [-0.3, -0.25) is 0 Å². The first-order valence-corrected chi connectivity index (χ1v) is 10.5. The average molecular weight is 389 g/mol. The summed E-state index contributed by atoms with van der Waals surface area (Å²) in [4.78, 5) is -0.519. The Hall–Kier alpha value is -1.84. The molecule has 2 aromatic rings. The normalized spacial score (nSPS) is 13.8. The van der Waals surface area contributed by atoms with Crippen molar-refractivity contribution in [2.45, 2.75) is 22.8 Å². The van der Waals surface area contributed by atoms with Crippen LogP contribution < -0.4 is 0 Å². The van der Waals surface area contributed by atoms with Crippen LogP contribution >= 0.6 is 0 Å². The van der Waals surface area contributed by atoms with E-state index in [0.717, 1.165) is 22.7 Å². The maximum absolute atomic E-state index is 13.8. The standard InChI is InChI=1S/C16H17F2NO4S2/c1-11(12-4-7-14(8-5-12)24(3,20)21)19(2)25(22,23)16-9-6-13(17)10-15(16)18/h4-11H,1-3H3. The maximum atomic E-state index is 13.8. The Labute approximate surface area is 145 Å². The molecule has 25 heavy (non-hydrogen) atoms. The van der Waals surface area contributed by atoms with Gasteiger partial charge in [0.15, 0.2) is 9.84 Å². The molecule has 0 aromatic heterocycles. The average Bonchev–Trinajstić information content (AvgIpc) is 2.52. The lowest BCUT2D eigenvalue weighted by Crippen LogP contribution is -2.30. The van der Waals surface area contributed by atoms with Crippen LogP contribution in [0.15, 0.2) is 52.3 Å². The van der Waals surface area contributed by atoms with Crippen LogP contribution in [-0.2, 0) is 19.9 Å². The van der Waals surface area contributed by atoms with Gasteiger partial charge in [-0.05, 0) is 36.8 Å². The van der Waals surface area contributed by atoms with E-state index >= 15 is 0 Å². The molecule has 0 N–H and O–H groups in total. The van der Waals surface area contributed by atoms with E-state index in [1.165, 1.54) is 31.3 Å². The van der Waals surface area contributed by atoms with E-state index in [-0.39, 0.29) is 4.90 Å². The summed E-state index contributed by atoms with van der Waals surface area (Å²) < 4.78 is 75.9. The van der Waals surface area contributed by atoms with E-state index in [2.05, 4.69) is 0 Å². The first-order valence-electron chi connectivity index (χ1n) is 7.17. The lowest BCUT2D eigenvalue weighted by molar-refractivity contribution is 0.395. The minimum Gasteiger partial charge on any atom is -0.224 e. The Bertz CT molecular complexity index is 987. The molecule has 2 rings (SSSR count). The van der Waals surface area contributed by atoms with Crippen molar-refractivity contribution < 1.29 is 25.6 Å². The van der Waals surface area contributed by atoms with Crippen molar-refractivity contribution in [1.82, 2.24) is 4.31 Å². The Morgan fingerprint density at radius 1 is 0.960 bits per heavy atom. The Morgan fingerprint density at radius 2 is 1.52 bits per heavy atom. The largest absolute Gasteiger partial charge is 0.246 e. The van der Waals surface area contributed by atoms with Crippen molar-refractivity contribution in [2.75, 3.05) is 13.3 Å². The molecule has 0 amide bonds. The van der Waals surface area contributed by atoms with Gasteiger partial charge < -0.3 is 0 Å². The summed E-state index contributed by atoms with van der Waals surface area (Å²) in [5.41, 5.74) is 0.529. The Morgan fingerprint density at radius 3 is 2.00 bits per heavy atom. The number of hydrogen-bond donors (Lipinski definition) is 0. The topological polar surface area (TPSA) is 71.5 Å². The Kier molecular flexibility index (Phi) is 5.31. The molecule has 0 radical (unpaired) electrons. The van der Waals surface area contributed by atoms with E-state index < -0.39 is 42.4 Å². The van der Waals surface area contributed by atoms with Crippen LogP contribution in [0.4, 0.5) is 8.78 Å². The molecule has 5 nitrogen and oxygen atoms in total. The van der Waals surface area contributed by atoms with Crippen molar-refractivity contribution in [2.24, 2.45) is 0 Å². The van der Waals surface area contributed by atoms with Crippen LogP contribution in [0.2, 0.25) is 0 Å². The van der Waals surface area contributed by atoms with Gasteiger partial charge in [-0.2, -0.15) is 4.31 Å². The predicted octanol–water partition coefficient (Wildman–Crippen LogP) is 2.75. The second-order valence-corrected chi connectivity index (χ2v) is 9.59. The fourth-order valence-corrected chi connectivity index (χ4v) is 4.28. The number of halogens is 2. The van der Waals surface area contributed by atoms with Crippen LogP contribution in [0.25, 0.3) is 0 Å². The van der Waals surface area contributed by atoms with Gasteiger partial charge in [0.25, 0.3) is 0 Å². The van der Waals surface area contributed by atoms with Gasteiger partial charge in [0.2, 0.25) is 10.0 Å². The molecule has 0 saturated carbocycles. The summed E-state index contributed by atoms with van der Waals surface area (Å²) in [5, 5.41) is 0. The summed E-state index contributed by atoms with van der Waals surface area (Å²) in [6, 6.07) is 7.29. The lowest BCUT2D eigenvalue weighted by atomic mass is 10.1. The molecule has 0 aliphatic rings. The molecular formula is C16H17F2NO4S2. The predicted molar refractivity (Wildman–Crippen MR) is 89.3 cm³/mol. The van der Waals surface area contributed by atoms with E-state index in [1.807, 2.05) is 0 Å². The molecular weight excluding hydrogens is 372 g/mol. The highest BCUT2D eigenvalue weighted by Gasteiger charge is 2.29. The van der Waals surface area contributed by atoms with Crippen molar-refractivity contribution in [1.29, 1.82) is 0 Å². The first kappa shape index (κ1) is 19.5. The lowest BCUT2D eigenvalue weighted by Gasteiger charge is -2.25. The zero-order valence-corrected chi connectivity index (χ0v) is 15.4. The van der Waals surface area contributed by atoms with Crippen LogP contribution in [0.1, 0.15) is 18.5 Å². The van der Waals surface area contributed by atoms with E-state index in [0.29, 0.717) is 11.6 Å². The van der Waals surface area contributed by atoms with E-state index in [1.54, 1.807) is 6.92 Å². The molecule has 9 heteroatoms. The number of sulfone groups is 1. The van der Waals surface area contributed by atoms with Gasteiger partial charge in [-0.25, -0.2) is 25.6 Å². The SMILES string of the molecule is CC(c1ccc(S(C)(=O)=O)cc1)N(C)S(=O)(=O)c1ccc(F)cc1F. The highest BCUT2D eigenvalue weighted by atomic mass is 32.2. The number of nitrogens with zero attached hydrogens (tertiary/aromatic N) is 1. The Balaban J connectivity index is 2.37. The number of sulfonamides is 1. The van der Waals surface area contributed by atoms with Crippen molar-refractivity contribution in [3.05, 3.63) is 59.7 Å². The summed E-state index contributed by atoms with van der Waals surface area (Å²) in [5.74, 6) is -2.05. The fourth-order valence-electron chi connectivity index (χ4n) is 2.25. The van der Waals surface area contributed by atoms with E-state index in [9.17, 15) is 25.6 Å². The molecule has 0 spiro atoms. The quantitative estimate of drug-likeness (QED) is 0.788. The summed E-state index contributed by atoms with van der Waals surface area (Å²) >= 11 is 0. The fraction of sp³-hybridized carbons (Fsp3) is 0.250. The van der Waals surface area contributed by atoms with Gasteiger partial charge in [0.05, 0.1) is 4.90 Å². The number of rotatable bonds is 5. The van der Waals surface area contributed by atoms with Crippen LogP contribution in [0.5, 0.6) is 0 Å². The number of benzene rings is 2. The second-order valence-electron chi connectivity index (χ2n) is 5.61. The molecule has 0 fully saturated rings. The third kappa shape index (κ3) is 4.05. The zero-order valence-electron chi connectivity index (χ0n) is 13.8. The van der Waals surface area contributed by atoms with Gasteiger partial charge in [-0.1, -0.05) is 12.1 Å². The van der Waals surface area contributed by atoms with Gasteiger partial charge >= 0.3 is 0 Å². The van der Waals surface area contributed by atoms with E-state index in [4.69, 9.17) is 0 Å². The maximum Gasteiger partial charge on any atom is 0.246 e. The smallest absolute Gasteiger partial charge is 0.224 e.